The van der Waals surface area contributed by atoms with Crippen LogP contribution in [-0.2, 0) is 10.8 Å². The molecule has 3 heteroatoms. The number of carbonyl (C=O) groups excluding carboxylic acids is 1. The molecule has 6 aliphatic rings. The van der Waals surface area contributed by atoms with Crippen LogP contribution in [0.2, 0.25) is 0 Å². The first-order valence-corrected chi connectivity index (χ1v) is 27.5. The molecule has 2 spiro atoms. The van der Waals surface area contributed by atoms with Crippen LogP contribution >= 0.6 is 0 Å². The van der Waals surface area contributed by atoms with E-state index in [0.717, 1.165) is 50.8 Å². The zero-order chi connectivity index (χ0) is 51.5. The highest BCUT2D eigenvalue weighted by Crippen LogP contribution is 2.68. The monoisotopic (exact) mass is 996 g/mol. The second-order valence-corrected chi connectivity index (χ2v) is 21.8. The molecule has 5 unspecified atom stereocenters. The fourth-order valence-electron chi connectivity index (χ4n) is 15.2. The minimum atomic E-state index is -0.795. The number of fused-ring (bicyclic) bond motifs is 20. The molecule has 10 aromatic rings. The van der Waals surface area contributed by atoms with Gasteiger partial charge in [0.15, 0.2) is 5.78 Å². The lowest BCUT2D eigenvalue weighted by atomic mass is 9.61. The first-order chi connectivity index (χ1) is 38.6. The largest absolute Gasteiger partial charge is 0.310 e. The molecule has 0 amide bonds. The van der Waals surface area contributed by atoms with Gasteiger partial charge < -0.3 is 9.80 Å². The van der Waals surface area contributed by atoms with Gasteiger partial charge in [0.2, 0.25) is 0 Å². The minimum absolute atomic E-state index is 0.0318. The van der Waals surface area contributed by atoms with Gasteiger partial charge in [0, 0.05) is 74.3 Å². The van der Waals surface area contributed by atoms with Crippen molar-refractivity contribution in [3.05, 3.63) is 347 Å². The van der Waals surface area contributed by atoms with Gasteiger partial charge in [-0.1, -0.05) is 206 Å². The first-order valence-electron chi connectivity index (χ1n) is 27.5. The van der Waals surface area contributed by atoms with E-state index in [2.05, 4.69) is 301 Å². The number of para-hydroxylation sites is 4. The molecule has 0 N–H and O–H groups in total. The van der Waals surface area contributed by atoms with Crippen LogP contribution in [0, 0.1) is 11.8 Å². The molecule has 78 heavy (non-hydrogen) atoms. The van der Waals surface area contributed by atoms with E-state index in [4.69, 9.17) is 0 Å². The Kier molecular flexibility index (Phi) is 9.87. The summed E-state index contributed by atoms with van der Waals surface area (Å²) in [6.45, 7) is 0. The topological polar surface area (TPSA) is 23.6 Å². The van der Waals surface area contributed by atoms with Gasteiger partial charge in [0.25, 0.3) is 0 Å². The number of rotatable bonds is 8. The van der Waals surface area contributed by atoms with Crippen LogP contribution in [0.1, 0.15) is 72.3 Å². The maximum Gasteiger partial charge on any atom is 0.193 e. The lowest BCUT2D eigenvalue weighted by molar-refractivity contribution is 0.103. The van der Waals surface area contributed by atoms with E-state index in [0.29, 0.717) is 5.56 Å². The van der Waals surface area contributed by atoms with Crippen LogP contribution in [0.5, 0.6) is 0 Å². The van der Waals surface area contributed by atoms with Gasteiger partial charge in [-0.3, -0.25) is 4.79 Å². The molecule has 0 aliphatic heterocycles. The van der Waals surface area contributed by atoms with Gasteiger partial charge in [-0.15, -0.1) is 0 Å². The van der Waals surface area contributed by atoms with Crippen molar-refractivity contribution in [1.82, 2.24) is 0 Å². The van der Waals surface area contributed by atoms with Crippen molar-refractivity contribution in [2.45, 2.75) is 22.7 Å². The van der Waals surface area contributed by atoms with Crippen LogP contribution in [-0.4, -0.2) is 5.78 Å². The van der Waals surface area contributed by atoms with Gasteiger partial charge in [-0.05, 0) is 152 Å². The van der Waals surface area contributed by atoms with Gasteiger partial charge >= 0.3 is 0 Å². The molecule has 0 aromatic heterocycles. The van der Waals surface area contributed by atoms with E-state index in [-0.39, 0.29) is 34.9 Å². The number of hydrogen-bond acceptors (Lipinski definition) is 3. The summed E-state index contributed by atoms with van der Waals surface area (Å²) < 4.78 is 0. The summed E-state index contributed by atoms with van der Waals surface area (Å²) in [5.74, 6) is 0.971. The van der Waals surface area contributed by atoms with Gasteiger partial charge in [-0.2, -0.15) is 0 Å². The van der Waals surface area contributed by atoms with Crippen molar-refractivity contribution in [2.75, 3.05) is 9.80 Å². The number of anilines is 6. The Balaban J connectivity index is 0.918. The summed E-state index contributed by atoms with van der Waals surface area (Å²) in [5, 5.41) is 0. The summed E-state index contributed by atoms with van der Waals surface area (Å²) in [6, 6.07) is 88.1. The van der Waals surface area contributed by atoms with Crippen molar-refractivity contribution in [1.29, 1.82) is 0 Å². The van der Waals surface area contributed by atoms with Crippen molar-refractivity contribution < 1.29 is 4.79 Å². The average Bonchev–Trinajstić information content (AvgIpc) is 4.36. The van der Waals surface area contributed by atoms with Crippen LogP contribution < -0.4 is 9.80 Å². The molecule has 0 radical (unpaired) electrons. The normalized spacial score (nSPS) is 20.3. The van der Waals surface area contributed by atoms with Crippen LogP contribution in [0.4, 0.5) is 34.1 Å². The highest BCUT2D eigenvalue weighted by molar-refractivity contribution is 6.10. The number of allylic oxidation sites excluding steroid dienone is 8. The zero-order valence-corrected chi connectivity index (χ0v) is 42.8. The summed E-state index contributed by atoms with van der Waals surface area (Å²) >= 11 is 0. The van der Waals surface area contributed by atoms with Crippen molar-refractivity contribution >= 4 is 39.9 Å². The Bertz CT molecular complexity index is 3990. The molecule has 6 aliphatic carbocycles. The molecule has 5 atom stereocenters. The Morgan fingerprint density at radius 1 is 0.308 bits per heavy atom. The zero-order valence-electron chi connectivity index (χ0n) is 42.8. The van der Waals surface area contributed by atoms with Crippen molar-refractivity contribution in [3.8, 4) is 22.3 Å². The maximum absolute atomic E-state index is 15.9. The van der Waals surface area contributed by atoms with Crippen LogP contribution in [0.3, 0.4) is 0 Å². The number of carbonyl (C=O) groups is 1. The molecule has 0 fully saturated rings. The van der Waals surface area contributed by atoms with Crippen LogP contribution in [0.25, 0.3) is 22.3 Å². The van der Waals surface area contributed by atoms with Crippen molar-refractivity contribution in [3.63, 3.8) is 0 Å². The lowest BCUT2D eigenvalue weighted by Gasteiger charge is -2.40. The molecule has 3 nitrogen and oxygen atoms in total. The number of hydrogen-bond donors (Lipinski definition) is 0. The number of ketones is 1. The molecule has 0 heterocycles. The third-order valence-electron chi connectivity index (χ3n) is 18.2. The van der Waals surface area contributed by atoms with E-state index in [9.17, 15) is 0 Å². The van der Waals surface area contributed by atoms with Crippen molar-refractivity contribution in [2.24, 2.45) is 11.8 Å². The lowest BCUT2D eigenvalue weighted by Crippen LogP contribution is -2.38. The SMILES string of the molecule is O=C(c1ccc2c(c1)C1(c3ccccc3-2)c2cc(N(c3ccccc3)c3ccccc3)ccc2-c2ccc(N(c3ccccc3)c3ccccc3)cc21)c1ccc2c(c1)C1(c3ccccc3C3C=CC=CC31)C1C=CC=CC21. The third-order valence-corrected chi connectivity index (χ3v) is 18.2. The number of benzene rings is 10. The summed E-state index contributed by atoms with van der Waals surface area (Å²) in [4.78, 5) is 20.6. The molecular formula is C75H52N2O. The molecule has 10 aromatic carbocycles. The molecule has 0 saturated carbocycles. The second-order valence-electron chi connectivity index (χ2n) is 21.8. The summed E-state index contributed by atoms with van der Waals surface area (Å²) in [7, 11) is 0. The number of nitrogens with zero attached hydrogens (tertiary/aromatic N) is 2. The smallest absolute Gasteiger partial charge is 0.193 e. The van der Waals surface area contributed by atoms with E-state index < -0.39 is 5.41 Å². The average molecular weight is 997 g/mol. The summed E-state index contributed by atoms with van der Waals surface area (Å²) in [6.07, 6.45) is 18.6. The fraction of sp³-hybridized carbons (Fsp3) is 0.0800. The van der Waals surface area contributed by atoms with Crippen LogP contribution in [0.15, 0.2) is 291 Å². The molecule has 0 bridgehead atoms. The fourth-order valence-corrected chi connectivity index (χ4v) is 15.2. The third kappa shape index (κ3) is 6.19. The van der Waals surface area contributed by atoms with Gasteiger partial charge in [0.05, 0.1) is 5.41 Å². The van der Waals surface area contributed by atoms with Gasteiger partial charge in [-0.25, -0.2) is 0 Å². The molecular weight excluding hydrogens is 945 g/mol. The predicted molar refractivity (Wildman–Crippen MR) is 318 cm³/mol. The highest BCUT2D eigenvalue weighted by atomic mass is 16.1. The Morgan fingerprint density at radius 3 is 1.22 bits per heavy atom. The first kappa shape index (κ1) is 44.7. The summed E-state index contributed by atoms with van der Waals surface area (Å²) in [5.41, 5.74) is 21.5. The Hall–Kier alpha value is -9.57. The molecule has 16 rings (SSSR count). The quantitative estimate of drug-likeness (QED) is 0.142. The second kappa shape index (κ2) is 17.2. The standard InChI is InChI=1S/C75H52N2O/c78-73(49-37-41-61-59-31-15-19-35-67(59)74(69(61)45-49)65-33-17-13-29-57(65)58-30-14-18-34-66(58)74)50-38-42-62-60-32-16-20-36-68(60)75(70(62)46-50)71-47-55(76(51-21-5-1-6-22-51)52-23-7-2-8-24-52)39-43-63(71)64-44-40-56(48-72(64)75)77(53-25-9-3-10-26-53)54-27-11-4-12-28-54/h1-48,57,59,65,67H. The minimum Gasteiger partial charge on any atom is -0.310 e. The molecule has 368 valence electrons. The Morgan fingerprint density at radius 2 is 0.692 bits per heavy atom. The maximum atomic E-state index is 15.9. The van der Waals surface area contributed by atoms with E-state index in [1.54, 1.807) is 0 Å². The van der Waals surface area contributed by atoms with E-state index in [1.807, 2.05) is 0 Å². The predicted octanol–water partition coefficient (Wildman–Crippen LogP) is 18.2. The van der Waals surface area contributed by atoms with E-state index in [1.165, 1.54) is 55.6 Å². The Labute approximate surface area is 455 Å². The highest BCUT2D eigenvalue weighted by Gasteiger charge is 2.61. The van der Waals surface area contributed by atoms with E-state index >= 15 is 4.79 Å². The van der Waals surface area contributed by atoms with Gasteiger partial charge in [0.1, 0.15) is 0 Å². The molecule has 0 saturated heterocycles.